The Balaban J connectivity index is -0.000000953. The number of hydrogen-bond acceptors (Lipinski definition) is 6. The number of nitrogens with zero attached hydrogens (tertiary/aromatic N) is 4. The van der Waals surface area contributed by atoms with Crippen molar-refractivity contribution in [3.63, 3.8) is 0 Å². The SMILES string of the molecule is C.C#C.C#C.C=C.C=C.C=C(CCC)N(Cc1nc(-c2ccc3c(c2)CCc2cc4c(ccc5[nH]c(CN(C(=C)CCC)[C@@H](C)CC)nc54)cc2-3)c(C2CC2)[nH]1)[C@@H](C)CC.C=CN.C=CNC.CC.CC.CC. The van der Waals surface area contributed by atoms with Gasteiger partial charge in [-0.3, -0.25) is 0 Å². The van der Waals surface area contributed by atoms with E-state index in [1.54, 1.807) is 6.20 Å². The molecule has 8 nitrogen and oxygen atoms in total. The fraction of sp³-hybridized carbons (Fsp3) is 0.446. The van der Waals surface area contributed by atoms with Gasteiger partial charge < -0.3 is 30.8 Å². The van der Waals surface area contributed by atoms with E-state index in [9.17, 15) is 0 Å². The van der Waals surface area contributed by atoms with Gasteiger partial charge in [0.25, 0.3) is 0 Å². The van der Waals surface area contributed by atoms with E-state index in [4.69, 9.17) is 9.97 Å². The topological polar surface area (TPSA) is 102 Å². The third kappa shape index (κ3) is 21.5. The van der Waals surface area contributed by atoms with Gasteiger partial charge in [0.15, 0.2) is 0 Å². The van der Waals surface area contributed by atoms with Crippen LogP contribution in [0.3, 0.4) is 0 Å². The lowest BCUT2D eigenvalue weighted by Gasteiger charge is -2.31. The van der Waals surface area contributed by atoms with E-state index in [0.717, 1.165) is 92.8 Å². The maximum absolute atomic E-state index is 5.30. The summed E-state index contributed by atoms with van der Waals surface area (Å²) < 4.78 is 0. The highest BCUT2D eigenvalue weighted by atomic mass is 15.2. The van der Waals surface area contributed by atoms with E-state index in [-0.39, 0.29) is 7.43 Å². The van der Waals surface area contributed by atoms with Gasteiger partial charge in [0.05, 0.1) is 29.8 Å². The van der Waals surface area contributed by atoms with Crippen LogP contribution in [0, 0.1) is 25.7 Å². The van der Waals surface area contributed by atoms with Crippen LogP contribution in [0.25, 0.3) is 44.2 Å². The van der Waals surface area contributed by atoms with Crippen LogP contribution < -0.4 is 11.1 Å². The lowest BCUT2D eigenvalue weighted by Crippen LogP contribution is -2.31. The molecule has 0 radical (unpaired) electrons. The monoisotopic (exact) mass is 997 g/mol. The molecule has 5 aromatic rings. The number of terminal acetylenes is 2. The molecule has 2 atom stereocenters. The normalized spacial score (nSPS) is 11.4. The Kier molecular flexibility index (Phi) is 42.9. The van der Waals surface area contributed by atoms with Crippen molar-refractivity contribution in [1.82, 2.24) is 35.1 Å². The molecule has 0 aliphatic heterocycles. The molecule has 0 amide bonds. The molecule has 404 valence electrons. The standard InChI is InChI=1S/C45H58N6.C3H7N.C2H5N.3C2H6.2C2H4.2C2H2.CH4/c1-9-13-30(7)50(28(5)11-3)26-41-46-40-22-20-35-24-38-34(25-39(35)45(40)49-41)18-17-33-23-36(19-21-37(33)38)44-43(32-15-16-32)47-42(48-44)27-51(29(6)12-4)31(8)14-10-2;1-3-4-2;1-2-3;7*1-2;/h19-25,28-29,32H,7-18,26-27H2,1-6H3,(H,46,49)(H,47,48);3-4H,1H2,2H3;2H,1,3H2;3*1-2H3;2*1-2H2;2*1-2H;1H4/t28-,29-;;;;;;;;;;/m0........../s1. The molecule has 2 aromatic heterocycles. The van der Waals surface area contributed by atoms with Crippen LogP contribution in [-0.2, 0) is 25.9 Å². The Labute approximate surface area is 449 Å². The van der Waals surface area contributed by atoms with Crippen molar-refractivity contribution >= 4 is 21.8 Å². The summed E-state index contributed by atoms with van der Waals surface area (Å²) in [5, 5.41) is 5.18. The smallest absolute Gasteiger partial charge is 0.126 e. The summed E-state index contributed by atoms with van der Waals surface area (Å²) in [4.78, 5) is 22.8. The van der Waals surface area contributed by atoms with Gasteiger partial charge in [-0.05, 0) is 130 Å². The number of rotatable bonds is 17. The molecule has 2 aliphatic carbocycles. The van der Waals surface area contributed by atoms with E-state index in [1.165, 1.54) is 74.7 Å². The first kappa shape index (κ1) is 72.9. The summed E-state index contributed by atoms with van der Waals surface area (Å²) in [5.41, 5.74) is 18.5. The van der Waals surface area contributed by atoms with Crippen molar-refractivity contribution in [3.05, 3.63) is 147 Å². The van der Waals surface area contributed by atoms with Crippen molar-refractivity contribution in [2.75, 3.05) is 7.05 Å². The van der Waals surface area contributed by atoms with Gasteiger partial charge in [-0.15, -0.1) is 52.0 Å². The average Bonchev–Trinajstić information content (AvgIpc) is 4.07. The van der Waals surface area contributed by atoms with Crippen LogP contribution in [0.4, 0.5) is 0 Å². The molecule has 73 heavy (non-hydrogen) atoms. The van der Waals surface area contributed by atoms with Gasteiger partial charge in [0, 0.05) is 53.1 Å². The second-order valence-corrected chi connectivity index (χ2v) is 16.1. The summed E-state index contributed by atoms with van der Waals surface area (Å²) in [5.74, 6) is 2.66. The maximum Gasteiger partial charge on any atom is 0.126 e. The quantitative estimate of drug-likeness (QED) is 0.0547. The van der Waals surface area contributed by atoms with Gasteiger partial charge in [-0.1, -0.05) is 134 Å². The number of nitrogens with one attached hydrogen (secondary N) is 3. The number of aryl methyl sites for hydroxylation is 2. The van der Waals surface area contributed by atoms with Crippen LogP contribution in [0.5, 0.6) is 0 Å². The van der Waals surface area contributed by atoms with Gasteiger partial charge >= 0.3 is 0 Å². The van der Waals surface area contributed by atoms with Crippen LogP contribution in [0.15, 0.2) is 119 Å². The minimum absolute atomic E-state index is 0. The highest BCUT2D eigenvalue weighted by Gasteiger charge is 2.31. The van der Waals surface area contributed by atoms with Crippen LogP contribution in [0.1, 0.15) is 176 Å². The van der Waals surface area contributed by atoms with Crippen molar-refractivity contribution in [2.24, 2.45) is 5.73 Å². The van der Waals surface area contributed by atoms with Crippen LogP contribution in [0.2, 0.25) is 0 Å². The van der Waals surface area contributed by atoms with Crippen molar-refractivity contribution < 1.29 is 0 Å². The van der Waals surface area contributed by atoms with Crippen LogP contribution >= 0.6 is 0 Å². The molecule has 3 aromatic carbocycles. The molecule has 7 rings (SSSR count). The molecule has 2 aliphatic rings. The summed E-state index contributed by atoms with van der Waals surface area (Å²) in [7, 11) is 1.81. The second kappa shape index (κ2) is 43.0. The zero-order valence-electron chi connectivity index (χ0n) is 47.7. The summed E-state index contributed by atoms with van der Waals surface area (Å²) in [6.07, 6.45) is 29.8. The molecule has 0 bridgehead atoms. The minimum Gasteiger partial charge on any atom is -0.405 e. The number of imidazole rings is 2. The van der Waals surface area contributed by atoms with Crippen molar-refractivity contribution in [2.45, 2.75) is 186 Å². The first-order valence-corrected chi connectivity index (χ1v) is 26.4. The predicted molar refractivity (Wildman–Crippen MR) is 331 cm³/mol. The number of benzene rings is 3. The molecule has 8 heteroatoms. The van der Waals surface area contributed by atoms with E-state index in [0.29, 0.717) is 18.0 Å². The van der Waals surface area contributed by atoms with Gasteiger partial charge in [-0.25, -0.2) is 9.97 Å². The number of allylic oxidation sites excluding steroid dienone is 2. The zero-order valence-corrected chi connectivity index (χ0v) is 47.7. The number of nitrogens with two attached hydrogens (primary N) is 1. The maximum atomic E-state index is 5.30. The summed E-state index contributed by atoms with van der Waals surface area (Å²) in [6.45, 7) is 54.5. The van der Waals surface area contributed by atoms with Gasteiger partial charge in [-0.2, -0.15) is 0 Å². The Morgan fingerprint density at radius 2 is 1.18 bits per heavy atom. The lowest BCUT2D eigenvalue weighted by atomic mass is 9.83. The summed E-state index contributed by atoms with van der Waals surface area (Å²) >= 11 is 0. The van der Waals surface area contributed by atoms with E-state index >= 15 is 0 Å². The molecule has 5 N–H and O–H groups in total. The largest absolute Gasteiger partial charge is 0.405 e. The Morgan fingerprint density at radius 1 is 0.726 bits per heavy atom. The molecular weight excluding hydrogens is 893 g/mol. The third-order valence-corrected chi connectivity index (χ3v) is 11.8. The van der Waals surface area contributed by atoms with E-state index < -0.39 is 0 Å². The molecule has 1 saturated carbocycles. The predicted octanol–water partition coefficient (Wildman–Crippen LogP) is 17.8. The van der Waals surface area contributed by atoms with E-state index in [2.05, 4.69) is 193 Å². The van der Waals surface area contributed by atoms with Gasteiger partial charge in [0.2, 0.25) is 0 Å². The Bertz CT molecular complexity index is 2310. The highest BCUT2D eigenvalue weighted by Crippen LogP contribution is 2.45. The van der Waals surface area contributed by atoms with Gasteiger partial charge in [0.1, 0.15) is 11.6 Å². The fourth-order valence-corrected chi connectivity index (χ4v) is 8.14. The molecule has 0 saturated heterocycles. The third-order valence-electron chi connectivity index (χ3n) is 11.8. The molecule has 0 unspecified atom stereocenters. The fourth-order valence-electron chi connectivity index (χ4n) is 8.14. The Morgan fingerprint density at radius 3 is 1.60 bits per heavy atom. The highest BCUT2D eigenvalue weighted by molar-refractivity contribution is 6.06. The number of fused-ring (bicyclic) bond motifs is 6. The van der Waals surface area contributed by atoms with Crippen molar-refractivity contribution in [1.29, 1.82) is 0 Å². The first-order chi connectivity index (χ1) is 35.0. The molecular formula is C65H104N8. The number of H-pyrrole nitrogens is 2. The lowest BCUT2D eigenvalue weighted by molar-refractivity contribution is 0.240. The first-order valence-electron chi connectivity index (χ1n) is 26.4. The number of hydrogen-bond donors (Lipinski definition) is 4. The zero-order chi connectivity index (χ0) is 55.9. The average molecular weight is 998 g/mol. The minimum atomic E-state index is 0. The molecule has 1 fully saturated rings. The Hall–Kier alpha value is -6.64. The van der Waals surface area contributed by atoms with Crippen LogP contribution in [-0.4, -0.2) is 48.9 Å². The summed E-state index contributed by atoms with van der Waals surface area (Å²) in [6, 6.07) is 17.2. The van der Waals surface area contributed by atoms with E-state index in [1.807, 2.05) is 48.6 Å². The number of aromatic amines is 2. The van der Waals surface area contributed by atoms with Crippen molar-refractivity contribution in [3.8, 4) is 48.1 Å². The molecule has 0 spiro atoms. The number of aromatic nitrogens is 4. The second-order valence-electron chi connectivity index (χ2n) is 16.1. The molecule has 2 heterocycles.